The predicted octanol–water partition coefficient (Wildman–Crippen LogP) is 4.44. The van der Waals surface area contributed by atoms with Crippen LogP contribution in [-0.2, 0) is 6.42 Å². The van der Waals surface area contributed by atoms with Gasteiger partial charge in [-0.25, -0.2) is 0 Å². The molecule has 6 heteroatoms. The highest BCUT2D eigenvalue weighted by Crippen LogP contribution is 2.27. The molecule has 1 aromatic heterocycles. The van der Waals surface area contributed by atoms with Gasteiger partial charge in [0, 0.05) is 6.04 Å². The number of hydrogen-bond acceptors (Lipinski definition) is 4. The average molecular weight is 330 g/mol. The van der Waals surface area contributed by atoms with Crippen molar-refractivity contribution in [2.45, 2.75) is 32.7 Å². The maximum atomic E-state index is 6.08. The fourth-order valence-corrected chi connectivity index (χ4v) is 3.07. The first-order valence-electron chi connectivity index (χ1n) is 6.58. The topological polar surface area (TPSA) is 37.8 Å². The molecule has 0 aliphatic carbocycles. The van der Waals surface area contributed by atoms with E-state index in [1.165, 1.54) is 16.4 Å². The molecule has 108 valence electrons. The molecule has 2 rings (SSSR count). The number of aryl methyl sites for hydroxylation is 1. The molecule has 20 heavy (non-hydrogen) atoms. The quantitative estimate of drug-likeness (QED) is 0.851. The van der Waals surface area contributed by atoms with Gasteiger partial charge in [0.25, 0.3) is 0 Å². The highest BCUT2D eigenvalue weighted by molar-refractivity contribution is 7.05. The largest absolute Gasteiger partial charge is 0.309 e. The van der Waals surface area contributed by atoms with Crippen molar-refractivity contribution in [3.05, 3.63) is 44.4 Å². The lowest BCUT2D eigenvalue weighted by atomic mass is 10.0. The zero-order valence-electron chi connectivity index (χ0n) is 11.5. The second-order valence-corrected chi connectivity index (χ2v) is 6.28. The van der Waals surface area contributed by atoms with E-state index < -0.39 is 0 Å². The molecule has 1 atom stereocenters. The third kappa shape index (κ3) is 3.92. The van der Waals surface area contributed by atoms with E-state index in [4.69, 9.17) is 23.2 Å². The molecule has 2 aromatic rings. The Labute approximate surface area is 133 Å². The van der Waals surface area contributed by atoms with Crippen LogP contribution in [0.15, 0.2) is 18.2 Å². The highest BCUT2D eigenvalue weighted by atomic mass is 35.5. The maximum Gasteiger partial charge on any atom is 0.0772 e. The Morgan fingerprint density at radius 2 is 2.10 bits per heavy atom. The Bertz CT molecular complexity index is 571. The number of aromatic nitrogens is 2. The summed E-state index contributed by atoms with van der Waals surface area (Å²) in [6.45, 7) is 5.11. The number of rotatable bonds is 6. The molecule has 0 saturated heterocycles. The van der Waals surface area contributed by atoms with Crippen LogP contribution >= 0.6 is 34.7 Å². The van der Waals surface area contributed by atoms with Gasteiger partial charge in [-0.1, -0.05) is 40.7 Å². The van der Waals surface area contributed by atoms with Gasteiger partial charge in [-0.05, 0) is 55.5 Å². The molecule has 1 N–H and O–H groups in total. The van der Waals surface area contributed by atoms with Crippen molar-refractivity contribution in [2.24, 2.45) is 0 Å². The summed E-state index contributed by atoms with van der Waals surface area (Å²) >= 11 is 13.5. The van der Waals surface area contributed by atoms with E-state index in [0.29, 0.717) is 10.0 Å². The fourth-order valence-electron chi connectivity index (χ4n) is 2.04. The van der Waals surface area contributed by atoms with Gasteiger partial charge in [0.05, 0.1) is 20.6 Å². The molecule has 0 radical (unpaired) electrons. The third-order valence-corrected chi connectivity index (χ3v) is 4.75. The predicted molar refractivity (Wildman–Crippen MR) is 85.8 cm³/mol. The summed E-state index contributed by atoms with van der Waals surface area (Å²) in [5, 5.41) is 8.83. The standard InChI is InChI=1S/C14H17Cl2N3S/c1-3-6-17-13(14-9(2)18-19-20-14)8-10-4-5-11(15)12(16)7-10/h4-5,7,13,17H,3,6,8H2,1-2H3. The first kappa shape index (κ1) is 15.7. The molecule has 0 spiro atoms. The summed E-state index contributed by atoms with van der Waals surface area (Å²) in [5.74, 6) is 0. The van der Waals surface area contributed by atoms with Crippen LogP contribution in [0.4, 0.5) is 0 Å². The number of halogens is 2. The Hall–Kier alpha value is -0.680. The van der Waals surface area contributed by atoms with Crippen molar-refractivity contribution < 1.29 is 0 Å². The molecule has 1 heterocycles. The molecule has 0 amide bonds. The minimum Gasteiger partial charge on any atom is -0.309 e. The average Bonchev–Trinajstić information content (AvgIpc) is 2.85. The van der Waals surface area contributed by atoms with Crippen LogP contribution in [0.1, 0.15) is 35.5 Å². The number of nitrogens with zero attached hydrogens (tertiary/aromatic N) is 2. The van der Waals surface area contributed by atoms with Gasteiger partial charge < -0.3 is 5.32 Å². The van der Waals surface area contributed by atoms with E-state index in [9.17, 15) is 0 Å². The van der Waals surface area contributed by atoms with Crippen LogP contribution in [-0.4, -0.2) is 16.1 Å². The Kier molecular flexibility index (Phi) is 5.78. The first-order valence-corrected chi connectivity index (χ1v) is 8.11. The summed E-state index contributed by atoms with van der Waals surface area (Å²) in [5.41, 5.74) is 2.14. The van der Waals surface area contributed by atoms with Gasteiger partial charge in [0.1, 0.15) is 0 Å². The zero-order valence-corrected chi connectivity index (χ0v) is 13.8. The van der Waals surface area contributed by atoms with Crippen molar-refractivity contribution in [1.29, 1.82) is 0 Å². The summed E-state index contributed by atoms with van der Waals surface area (Å²) in [4.78, 5) is 1.18. The van der Waals surface area contributed by atoms with Crippen molar-refractivity contribution in [3.8, 4) is 0 Å². The molecular weight excluding hydrogens is 313 g/mol. The molecule has 0 fully saturated rings. The lowest BCUT2D eigenvalue weighted by molar-refractivity contribution is 0.533. The van der Waals surface area contributed by atoms with E-state index in [2.05, 4.69) is 21.8 Å². The number of nitrogens with one attached hydrogen (secondary N) is 1. The first-order chi connectivity index (χ1) is 9.61. The minimum atomic E-state index is 0.215. The molecule has 0 saturated carbocycles. The van der Waals surface area contributed by atoms with Gasteiger partial charge in [-0.3, -0.25) is 0 Å². The van der Waals surface area contributed by atoms with Gasteiger partial charge in [0.15, 0.2) is 0 Å². The van der Waals surface area contributed by atoms with Crippen LogP contribution in [0.3, 0.4) is 0 Å². The zero-order chi connectivity index (χ0) is 14.5. The summed E-state index contributed by atoms with van der Waals surface area (Å²) in [6.07, 6.45) is 1.94. The van der Waals surface area contributed by atoms with E-state index >= 15 is 0 Å². The molecule has 0 aliphatic rings. The van der Waals surface area contributed by atoms with Crippen LogP contribution in [0.25, 0.3) is 0 Å². The smallest absolute Gasteiger partial charge is 0.0772 e. The van der Waals surface area contributed by atoms with E-state index in [1.54, 1.807) is 0 Å². The van der Waals surface area contributed by atoms with Crippen molar-refractivity contribution in [2.75, 3.05) is 6.54 Å². The van der Waals surface area contributed by atoms with Crippen molar-refractivity contribution >= 4 is 34.7 Å². The van der Waals surface area contributed by atoms with Crippen LogP contribution in [0.5, 0.6) is 0 Å². The number of hydrogen-bond donors (Lipinski definition) is 1. The van der Waals surface area contributed by atoms with E-state index in [1.807, 2.05) is 25.1 Å². The minimum absolute atomic E-state index is 0.215. The van der Waals surface area contributed by atoms with E-state index in [-0.39, 0.29) is 6.04 Å². The lowest BCUT2D eigenvalue weighted by Crippen LogP contribution is -2.24. The normalized spacial score (nSPS) is 12.6. The Balaban J connectivity index is 2.19. The molecule has 3 nitrogen and oxygen atoms in total. The highest BCUT2D eigenvalue weighted by Gasteiger charge is 2.17. The molecule has 0 aliphatic heterocycles. The summed E-state index contributed by atoms with van der Waals surface area (Å²) in [6, 6.07) is 5.99. The second-order valence-electron chi connectivity index (χ2n) is 4.68. The fraction of sp³-hybridized carbons (Fsp3) is 0.429. The van der Waals surface area contributed by atoms with Gasteiger partial charge in [0.2, 0.25) is 0 Å². The second kappa shape index (κ2) is 7.36. The Morgan fingerprint density at radius 1 is 1.30 bits per heavy atom. The van der Waals surface area contributed by atoms with Gasteiger partial charge in [-0.15, -0.1) is 5.10 Å². The summed E-state index contributed by atoms with van der Waals surface area (Å²) in [7, 11) is 0. The SMILES string of the molecule is CCCNC(Cc1ccc(Cl)c(Cl)c1)c1snnc1C. The van der Waals surface area contributed by atoms with Gasteiger partial charge in [-0.2, -0.15) is 0 Å². The molecule has 1 aromatic carbocycles. The molecule has 0 bridgehead atoms. The lowest BCUT2D eigenvalue weighted by Gasteiger charge is -2.17. The van der Waals surface area contributed by atoms with Crippen molar-refractivity contribution in [3.63, 3.8) is 0 Å². The van der Waals surface area contributed by atoms with Crippen LogP contribution in [0.2, 0.25) is 10.0 Å². The molecular formula is C14H17Cl2N3S. The number of benzene rings is 1. The maximum absolute atomic E-state index is 6.08. The van der Waals surface area contributed by atoms with Gasteiger partial charge >= 0.3 is 0 Å². The monoisotopic (exact) mass is 329 g/mol. The Morgan fingerprint density at radius 3 is 2.70 bits per heavy atom. The van der Waals surface area contributed by atoms with Crippen LogP contribution < -0.4 is 5.32 Å². The third-order valence-electron chi connectivity index (χ3n) is 3.07. The summed E-state index contributed by atoms with van der Waals surface area (Å²) < 4.78 is 4.03. The van der Waals surface area contributed by atoms with Crippen molar-refractivity contribution in [1.82, 2.24) is 14.9 Å². The molecule has 1 unspecified atom stereocenters. The van der Waals surface area contributed by atoms with Crippen LogP contribution in [0, 0.1) is 6.92 Å². The van der Waals surface area contributed by atoms with E-state index in [0.717, 1.165) is 30.6 Å².